The number of piperazine rings is 1. The summed E-state index contributed by atoms with van der Waals surface area (Å²) in [4.78, 5) is 26.6. The molecule has 1 saturated heterocycles. The average Bonchev–Trinajstić information content (AvgIpc) is 2.93. The summed E-state index contributed by atoms with van der Waals surface area (Å²) in [6.07, 6.45) is 2.57. The van der Waals surface area contributed by atoms with Crippen LogP contribution in [0, 0.1) is 0 Å². The van der Waals surface area contributed by atoms with Crippen LogP contribution in [0.4, 0.5) is 17.6 Å². The Hall–Kier alpha value is -3.65. The third-order valence-corrected chi connectivity index (χ3v) is 8.64. The Balaban J connectivity index is 1.54. The molecule has 3 aliphatic rings. The molecular weight excluding hydrogens is 570 g/mol. The van der Waals surface area contributed by atoms with Crippen LogP contribution in [0.2, 0.25) is 0 Å². The van der Waals surface area contributed by atoms with Crippen molar-refractivity contribution in [2.45, 2.75) is 51.1 Å². The lowest BCUT2D eigenvalue weighted by atomic mass is 9.95. The molecular formula is C27H29F4N3O6S. The van der Waals surface area contributed by atoms with Crippen LogP contribution in [0.5, 0.6) is 0 Å². The first-order valence-electron chi connectivity index (χ1n) is 12.7. The van der Waals surface area contributed by atoms with Gasteiger partial charge in [-0.15, -0.1) is 0 Å². The topological polar surface area (TPSA) is 105 Å². The van der Waals surface area contributed by atoms with E-state index < -0.39 is 50.2 Å². The smallest absolute Gasteiger partial charge is 0.342 e. The number of ether oxygens (including phenoxy) is 2. The maximum Gasteiger partial charge on any atom is 0.342 e. The summed E-state index contributed by atoms with van der Waals surface area (Å²) < 4.78 is 94.7. The monoisotopic (exact) mass is 599 g/mol. The minimum Gasteiger partial charge on any atom is -0.464 e. The number of benzene rings is 1. The van der Waals surface area contributed by atoms with Crippen LogP contribution in [0.25, 0.3) is 0 Å². The van der Waals surface area contributed by atoms with Gasteiger partial charge >= 0.3 is 11.8 Å². The predicted octanol–water partition coefficient (Wildman–Crippen LogP) is 3.74. The number of allylic oxidation sites excluding steroid dienone is 4. The van der Waals surface area contributed by atoms with Gasteiger partial charge in [0.25, 0.3) is 15.1 Å². The summed E-state index contributed by atoms with van der Waals surface area (Å²) in [5.74, 6) is -11.0. The first kappa shape index (κ1) is 30.3. The van der Waals surface area contributed by atoms with Crippen LogP contribution < -0.4 is 5.32 Å². The van der Waals surface area contributed by atoms with E-state index in [1.807, 2.05) is 38.1 Å². The minimum atomic E-state index is -4.73. The molecule has 2 heterocycles. The Labute approximate surface area is 234 Å². The number of hydrogen-bond acceptors (Lipinski definition) is 6. The number of nitrogens with one attached hydrogen (secondary N) is 1. The van der Waals surface area contributed by atoms with Gasteiger partial charge in [0, 0.05) is 33.1 Å². The van der Waals surface area contributed by atoms with Crippen molar-refractivity contribution in [1.82, 2.24) is 14.5 Å². The van der Waals surface area contributed by atoms with Crippen molar-refractivity contribution in [3.8, 4) is 0 Å². The molecule has 1 atom stereocenters. The minimum absolute atomic E-state index is 0.0185. The normalized spacial score (nSPS) is 22.2. The average molecular weight is 600 g/mol. The lowest BCUT2D eigenvalue weighted by Gasteiger charge is -2.39. The molecule has 2 aliphatic heterocycles. The number of sulfonamides is 1. The Morgan fingerprint density at radius 2 is 1.78 bits per heavy atom. The van der Waals surface area contributed by atoms with Gasteiger partial charge in [0.15, 0.2) is 5.76 Å². The van der Waals surface area contributed by atoms with Crippen LogP contribution in [0.1, 0.15) is 37.8 Å². The van der Waals surface area contributed by atoms with E-state index in [1.54, 1.807) is 0 Å². The van der Waals surface area contributed by atoms with Crippen LogP contribution in [0.3, 0.4) is 0 Å². The molecule has 0 aromatic heterocycles. The molecule has 4 rings (SSSR count). The first-order chi connectivity index (χ1) is 19.1. The van der Waals surface area contributed by atoms with Crippen LogP contribution >= 0.6 is 0 Å². The van der Waals surface area contributed by atoms with Crippen molar-refractivity contribution < 1.29 is 45.0 Å². The Morgan fingerprint density at radius 1 is 1.10 bits per heavy atom. The fraction of sp³-hybridized carbons (Fsp3) is 0.407. The summed E-state index contributed by atoms with van der Waals surface area (Å²) in [5, 5.41) is 1.69. The number of halogens is 4. The molecule has 1 N–H and O–H groups in total. The number of amides is 2. The molecule has 1 fully saturated rings. The van der Waals surface area contributed by atoms with E-state index >= 15 is 0 Å². The second-order valence-electron chi connectivity index (χ2n) is 10.0. The number of alkyl halides is 4. The molecule has 0 saturated carbocycles. The summed E-state index contributed by atoms with van der Waals surface area (Å²) >= 11 is 0. The van der Waals surface area contributed by atoms with Crippen molar-refractivity contribution in [2.75, 3.05) is 19.6 Å². The third kappa shape index (κ3) is 6.03. The summed E-state index contributed by atoms with van der Waals surface area (Å²) in [6, 6.07) is 6.07. The van der Waals surface area contributed by atoms with Crippen LogP contribution in [-0.2, 0) is 35.6 Å². The zero-order chi connectivity index (χ0) is 30.2. The summed E-state index contributed by atoms with van der Waals surface area (Å²) in [7, 11) is -4.73. The van der Waals surface area contributed by atoms with Gasteiger partial charge in [0.05, 0.1) is 5.57 Å². The molecule has 0 bridgehead atoms. The molecule has 0 radical (unpaired) electrons. The van der Waals surface area contributed by atoms with Gasteiger partial charge in [-0.2, -0.15) is 21.9 Å². The van der Waals surface area contributed by atoms with Crippen molar-refractivity contribution in [2.24, 2.45) is 0 Å². The van der Waals surface area contributed by atoms with Crippen molar-refractivity contribution in [3.63, 3.8) is 0 Å². The van der Waals surface area contributed by atoms with E-state index in [1.165, 1.54) is 11.8 Å². The molecule has 0 spiro atoms. The highest BCUT2D eigenvalue weighted by atomic mass is 32.2. The van der Waals surface area contributed by atoms with Crippen LogP contribution in [-0.4, -0.2) is 67.0 Å². The third-order valence-electron chi connectivity index (χ3n) is 6.90. The highest BCUT2D eigenvalue weighted by Gasteiger charge is 2.60. The number of rotatable bonds is 7. The standard InChI is InChI=1S/C27H29F4N3O6S/c1-17(2)20-8-6-19(7-9-20)13-32-25(36)22-14-33(18(3)35)11-12-34(22)41(37,38)24-16-39-15-23(40-24)21-5-4-10-26(28,29)27(21,30)31/h4-10,15-17,22H,11-14H2,1-3H3,(H,32,36)/t22-/m1/s1. The molecule has 222 valence electrons. The second kappa shape index (κ2) is 11.3. The molecule has 0 unspecified atom stereocenters. The Kier molecular flexibility index (Phi) is 8.37. The number of carbonyl (C=O) groups excluding carboxylic acids is 2. The van der Waals surface area contributed by atoms with E-state index in [0.717, 1.165) is 15.4 Å². The Morgan fingerprint density at radius 3 is 2.41 bits per heavy atom. The second-order valence-corrected chi connectivity index (χ2v) is 11.8. The molecule has 9 nitrogen and oxygen atoms in total. The van der Waals surface area contributed by atoms with Crippen molar-refractivity contribution in [3.05, 3.63) is 82.6 Å². The SMILES string of the molecule is CC(=O)N1CCN(S(=O)(=O)C2=COC=C(C3=CC=CC(F)(F)C3(F)F)O2)[C@@H](C(=O)NCc2ccc(C(C)C)cc2)C1. The van der Waals surface area contributed by atoms with Crippen molar-refractivity contribution >= 4 is 21.8 Å². The zero-order valence-electron chi connectivity index (χ0n) is 22.4. The molecule has 1 aromatic carbocycles. The fourth-order valence-corrected chi connectivity index (χ4v) is 5.85. The van der Waals surface area contributed by atoms with Gasteiger partial charge in [-0.3, -0.25) is 9.59 Å². The molecule has 41 heavy (non-hydrogen) atoms. The predicted molar refractivity (Wildman–Crippen MR) is 139 cm³/mol. The van der Waals surface area contributed by atoms with Crippen LogP contribution in [0.15, 0.2) is 71.4 Å². The molecule has 1 aromatic rings. The quantitative estimate of drug-likeness (QED) is 0.479. The number of hydrogen-bond donors (Lipinski definition) is 1. The largest absolute Gasteiger partial charge is 0.464 e. The van der Waals surface area contributed by atoms with Gasteiger partial charge in [0.2, 0.25) is 11.8 Å². The van der Waals surface area contributed by atoms with E-state index in [0.29, 0.717) is 30.6 Å². The van der Waals surface area contributed by atoms with Gasteiger partial charge in [-0.05, 0) is 29.2 Å². The summed E-state index contributed by atoms with van der Waals surface area (Å²) in [5.41, 5.74) is 0.565. The maximum absolute atomic E-state index is 14.5. The lowest BCUT2D eigenvalue weighted by Crippen LogP contribution is -2.61. The summed E-state index contributed by atoms with van der Waals surface area (Å²) in [6.45, 7) is 4.74. The van der Waals surface area contributed by atoms with E-state index in [4.69, 9.17) is 9.47 Å². The lowest BCUT2D eigenvalue weighted by molar-refractivity contribution is -0.156. The van der Waals surface area contributed by atoms with Gasteiger partial charge in [0.1, 0.15) is 18.6 Å². The zero-order valence-corrected chi connectivity index (χ0v) is 23.3. The Bertz CT molecular complexity index is 1440. The van der Waals surface area contributed by atoms with Crippen molar-refractivity contribution in [1.29, 1.82) is 0 Å². The maximum atomic E-state index is 14.5. The van der Waals surface area contributed by atoms with Gasteiger partial charge in [-0.1, -0.05) is 44.2 Å². The van der Waals surface area contributed by atoms with E-state index in [9.17, 15) is 35.6 Å². The number of carbonyl (C=O) groups is 2. The molecule has 1 aliphatic carbocycles. The van der Waals surface area contributed by atoms with Gasteiger partial charge in [-0.25, -0.2) is 8.42 Å². The molecule has 2 amide bonds. The highest BCUT2D eigenvalue weighted by Crippen LogP contribution is 2.47. The molecule has 14 heteroatoms. The number of nitrogens with zero attached hydrogens (tertiary/aromatic N) is 2. The van der Waals surface area contributed by atoms with E-state index in [2.05, 4.69) is 5.32 Å². The first-order valence-corrected chi connectivity index (χ1v) is 14.1. The van der Waals surface area contributed by atoms with Gasteiger partial charge < -0.3 is 19.7 Å². The fourth-order valence-electron chi connectivity index (χ4n) is 4.43. The highest BCUT2D eigenvalue weighted by molar-refractivity contribution is 7.92. The van der Waals surface area contributed by atoms with E-state index in [-0.39, 0.29) is 38.2 Å².